The van der Waals surface area contributed by atoms with Crippen LogP contribution in [0.3, 0.4) is 0 Å². The molecule has 68 valence electrons. The lowest BCUT2D eigenvalue weighted by Crippen LogP contribution is -2.20. The van der Waals surface area contributed by atoms with E-state index in [1.165, 1.54) is 0 Å². The van der Waals surface area contributed by atoms with Crippen LogP contribution in [0.4, 0.5) is 0 Å². The average Bonchev–Trinajstić information content (AvgIpc) is 2.73. The van der Waals surface area contributed by atoms with Crippen molar-refractivity contribution < 1.29 is 14.9 Å². The maximum absolute atomic E-state index is 8.43. The number of aliphatic hydroxyl groups excluding tert-OH is 2. The van der Waals surface area contributed by atoms with E-state index in [-0.39, 0.29) is 18.6 Å². The number of hydrogen-bond acceptors (Lipinski definition) is 3. The Kier molecular flexibility index (Phi) is 4.65. The summed E-state index contributed by atoms with van der Waals surface area (Å²) in [5.74, 6) is 0. The minimum absolute atomic E-state index is 0.0451. The quantitative estimate of drug-likeness (QED) is 0.578. The zero-order chi connectivity index (χ0) is 8.91. The third-order valence-electron chi connectivity index (χ3n) is 1.36. The monoisotopic (exact) mass is 162 g/mol. The van der Waals surface area contributed by atoms with Gasteiger partial charge in [-0.05, 0) is 6.92 Å². The number of ether oxygens (including phenoxy) is 1. The second-order valence-corrected chi connectivity index (χ2v) is 3.62. The first-order valence-corrected chi connectivity index (χ1v) is 3.85. The minimum atomic E-state index is -0.306. The molecule has 0 aliphatic carbocycles. The molecule has 1 atom stereocenters. The molecular formula is C8H18O3. The van der Waals surface area contributed by atoms with E-state index in [2.05, 4.69) is 6.92 Å². The highest BCUT2D eigenvalue weighted by Gasteiger charge is 2.13. The molecule has 0 amide bonds. The zero-order valence-electron chi connectivity index (χ0n) is 7.50. The topological polar surface area (TPSA) is 53.0 Å². The molecule has 0 aromatic carbocycles. The number of hydrogen-bond donors (Lipinski definition) is 2. The van der Waals surface area contributed by atoms with Crippen molar-refractivity contribution in [3.63, 3.8) is 0 Å². The first kappa shape index (κ1) is 10.9. The number of aliphatic hydroxyl groups is 2. The maximum atomic E-state index is 8.43. The standard InChI is InChI=1S/C5H12O2.C3H6O/c1-5(2,3-6)4-7;1-3-2-4-3/h6-7H,3-4H2,1-2H3;3H,2H2,1H3. The van der Waals surface area contributed by atoms with E-state index >= 15 is 0 Å². The summed E-state index contributed by atoms with van der Waals surface area (Å²) in [5.41, 5.74) is -0.306. The molecule has 1 aliphatic heterocycles. The molecule has 11 heavy (non-hydrogen) atoms. The van der Waals surface area contributed by atoms with E-state index in [1.54, 1.807) is 13.8 Å². The summed E-state index contributed by atoms with van der Waals surface area (Å²) in [4.78, 5) is 0. The summed E-state index contributed by atoms with van der Waals surface area (Å²) in [7, 11) is 0. The minimum Gasteiger partial charge on any atom is -0.396 e. The van der Waals surface area contributed by atoms with Crippen molar-refractivity contribution in [2.24, 2.45) is 5.41 Å². The molecule has 3 heteroatoms. The molecule has 1 aliphatic rings. The third kappa shape index (κ3) is 7.78. The molecule has 1 fully saturated rings. The van der Waals surface area contributed by atoms with Gasteiger partial charge in [-0.2, -0.15) is 0 Å². The van der Waals surface area contributed by atoms with Gasteiger partial charge in [0.05, 0.1) is 25.9 Å². The van der Waals surface area contributed by atoms with Crippen LogP contribution in [0.1, 0.15) is 20.8 Å². The van der Waals surface area contributed by atoms with Crippen LogP contribution in [0.15, 0.2) is 0 Å². The Morgan fingerprint density at radius 3 is 1.64 bits per heavy atom. The van der Waals surface area contributed by atoms with Crippen molar-refractivity contribution in [2.45, 2.75) is 26.9 Å². The molecule has 1 saturated heterocycles. The lowest BCUT2D eigenvalue weighted by molar-refractivity contribution is 0.0857. The van der Waals surface area contributed by atoms with Crippen LogP contribution in [0.5, 0.6) is 0 Å². The number of rotatable bonds is 2. The largest absolute Gasteiger partial charge is 0.396 e. The van der Waals surface area contributed by atoms with Crippen molar-refractivity contribution >= 4 is 0 Å². The van der Waals surface area contributed by atoms with Crippen molar-refractivity contribution in [2.75, 3.05) is 19.8 Å². The van der Waals surface area contributed by atoms with Gasteiger partial charge in [0, 0.05) is 5.41 Å². The average molecular weight is 162 g/mol. The van der Waals surface area contributed by atoms with Gasteiger partial charge in [-0.1, -0.05) is 13.8 Å². The molecule has 2 N–H and O–H groups in total. The molecule has 1 unspecified atom stereocenters. The van der Waals surface area contributed by atoms with Gasteiger partial charge in [0.15, 0.2) is 0 Å². The summed E-state index contributed by atoms with van der Waals surface area (Å²) in [6.07, 6.45) is 0.583. The first-order chi connectivity index (χ1) is 5.02. The Balaban J connectivity index is 0.000000207. The van der Waals surface area contributed by atoms with E-state index in [0.29, 0.717) is 6.10 Å². The van der Waals surface area contributed by atoms with Crippen LogP contribution < -0.4 is 0 Å². The van der Waals surface area contributed by atoms with Crippen LogP contribution >= 0.6 is 0 Å². The van der Waals surface area contributed by atoms with E-state index < -0.39 is 0 Å². The highest BCUT2D eigenvalue weighted by atomic mass is 16.6. The first-order valence-electron chi connectivity index (χ1n) is 3.85. The van der Waals surface area contributed by atoms with Crippen LogP contribution in [0, 0.1) is 5.41 Å². The summed E-state index contributed by atoms with van der Waals surface area (Å²) < 4.78 is 4.71. The van der Waals surface area contributed by atoms with Crippen molar-refractivity contribution in [3.8, 4) is 0 Å². The van der Waals surface area contributed by atoms with Gasteiger partial charge < -0.3 is 14.9 Å². The van der Waals surface area contributed by atoms with E-state index in [1.807, 2.05) is 0 Å². The van der Waals surface area contributed by atoms with Crippen LogP contribution in [-0.4, -0.2) is 36.1 Å². The van der Waals surface area contributed by atoms with Gasteiger partial charge in [-0.3, -0.25) is 0 Å². The van der Waals surface area contributed by atoms with Crippen molar-refractivity contribution in [1.29, 1.82) is 0 Å². The summed E-state index contributed by atoms with van der Waals surface area (Å²) in [6, 6.07) is 0. The highest BCUT2D eigenvalue weighted by molar-refractivity contribution is 4.62. The molecule has 0 aromatic rings. The molecule has 1 heterocycles. The Morgan fingerprint density at radius 2 is 1.64 bits per heavy atom. The molecule has 0 bridgehead atoms. The smallest absolute Gasteiger partial charge is 0.0781 e. The predicted octanol–water partition coefficient (Wildman–Crippen LogP) is 0.402. The Hall–Kier alpha value is -0.120. The molecule has 0 aromatic heterocycles. The van der Waals surface area contributed by atoms with E-state index in [0.717, 1.165) is 6.61 Å². The SMILES string of the molecule is CC(C)(CO)CO.CC1CO1. The summed E-state index contributed by atoms with van der Waals surface area (Å²) in [5, 5.41) is 16.9. The molecule has 0 spiro atoms. The van der Waals surface area contributed by atoms with Crippen LogP contribution in [0.25, 0.3) is 0 Å². The number of epoxide rings is 1. The predicted molar refractivity (Wildman–Crippen MR) is 43.4 cm³/mol. The molecule has 3 nitrogen and oxygen atoms in total. The fraction of sp³-hybridized carbons (Fsp3) is 1.00. The van der Waals surface area contributed by atoms with Gasteiger partial charge >= 0.3 is 0 Å². The molecule has 0 saturated carbocycles. The van der Waals surface area contributed by atoms with Crippen LogP contribution in [-0.2, 0) is 4.74 Å². The third-order valence-corrected chi connectivity index (χ3v) is 1.36. The van der Waals surface area contributed by atoms with Crippen LogP contribution in [0.2, 0.25) is 0 Å². The fourth-order valence-electron chi connectivity index (χ4n) is 0.146. The Morgan fingerprint density at radius 1 is 1.36 bits per heavy atom. The second-order valence-electron chi connectivity index (χ2n) is 3.62. The lowest BCUT2D eigenvalue weighted by Gasteiger charge is -2.16. The second kappa shape index (κ2) is 4.70. The van der Waals surface area contributed by atoms with Crippen molar-refractivity contribution in [1.82, 2.24) is 0 Å². The van der Waals surface area contributed by atoms with Gasteiger partial charge in [-0.25, -0.2) is 0 Å². The maximum Gasteiger partial charge on any atom is 0.0781 e. The molecule has 1 rings (SSSR count). The molecular weight excluding hydrogens is 144 g/mol. The van der Waals surface area contributed by atoms with Gasteiger partial charge in [0.25, 0.3) is 0 Å². The Bertz CT molecular complexity index is 91.5. The summed E-state index contributed by atoms with van der Waals surface area (Å²) >= 11 is 0. The van der Waals surface area contributed by atoms with E-state index in [9.17, 15) is 0 Å². The van der Waals surface area contributed by atoms with E-state index in [4.69, 9.17) is 14.9 Å². The normalized spacial score (nSPS) is 22.1. The molecule has 0 radical (unpaired) electrons. The zero-order valence-corrected chi connectivity index (χ0v) is 7.50. The van der Waals surface area contributed by atoms with Gasteiger partial charge in [0.1, 0.15) is 0 Å². The van der Waals surface area contributed by atoms with Gasteiger partial charge in [-0.15, -0.1) is 0 Å². The fourth-order valence-corrected chi connectivity index (χ4v) is 0.146. The lowest BCUT2D eigenvalue weighted by atomic mass is 9.97. The highest BCUT2D eigenvalue weighted by Crippen LogP contribution is 2.10. The van der Waals surface area contributed by atoms with Crippen molar-refractivity contribution in [3.05, 3.63) is 0 Å². The summed E-state index contributed by atoms with van der Waals surface area (Å²) in [6.45, 7) is 6.73. The van der Waals surface area contributed by atoms with Gasteiger partial charge in [0.2, 0.25) is 0 Å². The Labute approximate surface area is 68.0 Å².